The van der Waals surface area contributed by atoms with Gasteiger partial charge < -0.3 is 15.2 Å². The monoisotopic (exact) mass is 355 g/mol. The van der Waals surface area contributed by atoms with Crippen LogP contribution < -0.4 is 15.8 Å². The van der Waals surface area contributed by atoms with Crippen LogP contribution in [0.15, 0.2) is 36.5 Å². The summed E-state index contributed by atoms with van der Waals surface area (Å²) >= 11 is 0. The lowest BCUT2D eigenvalue weighted by atomic mass is 10.2. The number of benzene rings is 1. The van der Waals surface area contributed by atoms with Gasteiger partial charge in [0.05, 0.1) is 6.20 Å². The average molecular weight is 355 g/mol. The smallest absolute Gasteiger partial charge is 0.413 e. The molecular formula is C18H21N5O3. The summed E-state index contributed by atoms with van der Waals surface area (Å²) in [5, 5.41) is 6.90. The van der Waals surface area contributed by atoms with Crippen molar-refractivity contribution in [3.63, 3.8) is 0 Å². The van der Waals surface area contributed by atoms with Crippen LogP contribution in [0.3, 0.4) is 0 Å². The van der Waals surface area contributed by atoms with Crippen LogP contribution in [0, 0.1) is 6.92 Å². The Hall–Kier alpha value is -3.29. The molecule has 0 saturated heterocycles. The van der Waals surface area contributed by atoms with Gasteiger partial charge in [-0.05, 0) is 45.4 Å². The SMILES string of the molecule is Cc1ccc(Oc2ccc3nc(NC(=O)OC(C)(C)C)cn3n2)cc1N. The summed E-state index contributed by atoms with van der Waals surface area (Å²) in [6.07, 6.45) is 1.00. The van der Waals surface area contributed by atoms with Crippen LogP contribution in [0.1, 0.15) is 26.3 Å². The van der Waals surface area contributed by atoms with E-state index in [2.05, 4.69) is 15.4 Å². The molecule has 3 rings (SSSR count). The van der Waals surface area contributed by atoms with Gasteiger partial charge in [0.15, 0.2) is 11.5 Å². The fourth-order valence-electron chi connectivity index (χ4n) is 2.19. The maximum absolute atomic E-state index is 11.8. The van der Waals surface area contributed by atoms with Crippen molar-refractivity contribution in [2.24, 2.45) is 0 Å². The number of nitrogens with one attached hydrogen (secondary N) is 1. The Bertz CT molecular complexity index is 959. The summed E-state index contributed by atoms with van der Waals surface area (Å²) in [4.78, 5) is 16.1. The number of hydrogen-bond acceptors (Lipinski definition) is 6. The molecule has 26 heavy (non-hydrogen) atoms. The van der Waals surface area contributed by atoms with E-state index in [1.165, 1.54) is 4.52 Å². The van der Waals surface area contributed by atoms with E-state index < -0.39 is 11.7 Å². The van der Waals surface area contributed by atoms with Crippen LogP contribution in [-0.2, 0) is 4.74 Å². The molecule has 0 aliphatic carbocycles. The highest BCUT2D eigenvalue weighted by atomic mass is 16.6. The van der Waals surface area contributed by atoms with Gasteiger partial charge in [-0.15, -0.1) is 5.10 Å². The van der Waals surface area contributed by atoms with Crippen LogP contribution in [0.4, 0.5) is 16.3 Å². The molecule has 0 saturated carbocycles. The third-order valence-corrected chi connectivity index (χ3v) is 3.40. The molecule has 2 aromatic heterocycles. The van der Waals surface area contributed by atoms with E-state index in [0.29, 0.717) is 28.8 Å². The molecule has 2 heterocycles. The average Bonchev–Trinajstić information content (AvgIpc) is 2.90. The predicted molar refractivity (Wildman–Crippen MR) is 98.5 cm³/mol. The normalized spacial score (nSPS) is 11.4. The number of nitrogen functional groups attached to an aromatic ring is 1. The molecule has 0 bridgehead atoms. The molecule has 8 heteroatoms. The van der Waals surface area contributed by atoms with Crippen molar-refractivity contribution in [2.75, 3.05) is 11.1 Å². The minimum absolute atomic E-state index is 0.337. The molecule has 136 valence electrons. The topological polar surface area (TPSA) is 104 Å². The number of amides is 1. The number of aromatic nitrogens is 3. The van der Waals surface area contributed by atoms with Gasteiger partial charge in [0.2, 0.25) is 5.88 Å². The minimum Gasteiger partial charge on any atom is -0.444 e. The van der Waals surface area contributed by atoms with Crippen molar-refractivity contribution in [2.45, 2.75) is 33.3 Å². The number of rotatable bonds is 3. The second-order valence-electron chi connectivity index (χ2n) is 6.85. The van der Waals surface area contributed by atoms with E-state index in [9.17, 15) is 4.79 Å². The Morgan fingerprint density at radius 2 is 2.00 bits per heavy atom. The van der Waals surface area contributed by atoms with E-state index in [1.807, 2.05) is 19.1 Å². The Balaban J connectivity index is 1.76. The van der Waals surface area contributed by atoms with Crippen molar-refractivity contribution in [1.29, 1.82) is 0 Å². The zero-order valence-electron chi connectivity index (χ0n) is 15.1. The molecule has 0 unspecified atom stereocenters. The first-order valence-electron chi connectivity index (χ1n) is 8.10. The van der Waals surface area contributed by atoms with Crippen LogP contribution in [0.2, 0.25) is 0 Å². The first-order valence-corrected chi connectivity index (χ1v) is 8.10. The van der Waals surface area contributed by atoms with Gasteiger partial charge in [-0.2, -0.15) is 0 Å². The van der Waals surface area contributed by atoms with Crippen LogP contribution in [0.5, 0.6) is 11.6 Å². The number of hydrogen-bond donors (Lipinski definition) is 2. The van der Waals surface area contributed by atoms with Crippen LogP contribution in [0.25, 0.3) is 5.65 Å². The van der Waals surface area contributed by atoms with E-state index in [-0.39, 0.29) is 0 Å². The second-order valence-corrected chi connectivity index (χ2v) is 6.85. The van der Waals surface area contributed by atoms with E-state index >= 15 is 0 Å². The Labute approximate surface area is 150 Å². The first-order chi connectivity index (χ1) is 12.2. The molecule has 0 fully saturated rings. The number of ether oxygens (including phenoxy) is 2. The highest BCUT2D eigenvalue weighted by molar-refractivity contribution is 5.84. The molecule has 8 nitrogen and oxygen atoms in total. The molecule has 0 atom stereocenters. The number of anilines is 2. The first kappa shape index (κ1) is 17.5. The maximum atomic E-state index is 11.8. The summed E-state index contributed by atoms with van der Waals surface area (Å²) in [7, 11) is 0. The number of carbonyl (C=O) groups excluding carboxylic acids is 1. The lowest BCUT2D eigenvalue weighted by Gasteiger charge is -2.18. The molecule has 3 N–H and O–H groups in total. The quantitative estimate of drug-likeness (QED) is 0.693. The van der Waals surface area contributed by atoms with E-state index in [4.69, 9.17) is 15.2 Å². The van der Waals surface area contributed by atoms with Crippen molar-refractivity contribution in [3.8, 4) is 11.6 Å². The number of nitrogens with two attached hydrogens (primary N) is 1. The van der Waals surface area contributed by atoms with Crippen LogP contribution in [-0.4, -0.2) is 26.3 Å². The minimum atomic E-state index is -0.585. The number of aryl methyl sites for hydroxylation is 1. The van der Waals surface area contributed by atoms with Gasteiger partial charge in [0.25, 0.3) is 0 Å². The van der Waals surface area contributed by atoms with Crippen molar-refractivity contribution in [1.82, 2.24) is 14.6 Å². The summed E-state index contributed by atoms with van der Waals surface area (Å²) in [6, 6.07) is 8.87. The highest BCUT2D eigenvalue weighted by Gasteiger charge is 2.17. The van der Waals surface area contributed by atoms with Crippen molar-refractivity contribution in [3.05, 3.63) is 42.1 Å². The van der Waals surface area contributed by atoms with Crippen LogP contribution >= 0.6 is 0 Å². The molecule has 0 aliphatic rings. The number of carbonyl (C=O) groups is 1. The van der Waals surface area contributed by atoms with Gasteiger partial charge in [-0.25, -0.2) is 14.3 Å². The van der Waals surface area contributed by atoms with Crippen molar-refractivity contribution < 1.29 is 14.3 Å². The second kappa shape index (κ2) is 6.55. The Morgan fingerprint density at radius 1 is 1.23 bits per heavy atom. The van der Waals surface area contributed by atoms with Gasteiger partial charge >= 0.3 is 6.09 Å². The molecule has 1 aromatic carbocycles. The number of imidazole rings is 1. The van der Waals surface area contributed by atoms with Gasteiger partial charge in [0.1, 0.15) is 11.4 Å². The molecule has 3 aromatic rings. The summed E-state index contributed by atoms with van der Waals surface area (Å²) in [6.45, 7) is 7.30. The Morgan fingerprint density at radius 3 is 2.69 bits per heavy atom. The Kier molecular flexibility index (Phi) is 4.41. The molecular weight excluding hydrogens is 334 g/mol. The third-order valence-electron chi connectivity index (χ3n) is 3.40. The van der Waals surface area contributed by atoms with Gasteiger partial charge in [-0.3, -0.25) is 5.32 Å². The predicted octanol–water partition coefficient (Wildman–Crippen LogP) is 3.76. The third kappa shape index (κ3) is 4.21. The largest absolute Gasteiger partial charge is 0.444 e. The number of fused-ring (bicyclic) bond motifs is 1. The molecule has 0 radical (unpaired) electrons. The van der Waals surface area contributed by atoms with Crippen molar-refractivity contribution >= 4 is 23.2 Å². The lowest BCUT2D eigenvalue weighted by molar-refractivity contribution is 0.0635. The summed E-state index contributed by atoms with van der Waals surface area (Å²) < 4.78 is 12.4. The number of nitrogens with zero attached hydrogens (tertiary/aromatic N) is 3. The zero-order valence-corrected chi connectivity index (χ0v) is 15.1. The molecule has 1 amide bonds. The summed E-state index contributed by atoms with van der Waals surface area (Å²) in [5.74, 6) is 1.30. The maximum Gasteiger partial charge on any atom is 0.413 e. The van der Waals surface area contributed by atoms with E-state index in [1.54, 1.807) is 45.2 Å². The lowest BCUT2D eigenvalue weighted by Crippen LogP contribution is -2.27. The van der Waals surface area contributed by atoms with Gasteiger partial charge in [-0.1, -0.05) is 6.07 Å². The van der Waals surface area contributed by atoms with E-state index in [0.717, 1.165) is 5.56 Å². The zero-order chi connectivity index (χ0) is 18.9. The standard InChI is InChI=1S/C18H21N5O3/c1-11-5-6-12(9-13(11)19)25-16-8-7-15-20-14(10-23(15)22-16)21-17(24)26-18(2,3)4/h5-10H,19H2,1-4H3,(H,21,24). The fourth-order valence-corrected chi connectivity index (χ4v) is 2.19. The molecule has 0 aliphatic heterocycles. The van der Waals surface area contributed by atoms with Gasteiger partial charge in [0, 0.05) is 17.8 Å². The fraction of sp³-hybridized carbons (Fsp3) is 0.278. The highest BCUT2D eigenvalue weighted by Crippen LogP contribution is 2.24. The summed E-state index contributed by atoms with van der Waals surface area (Å²) in [5.41, 5.74) is 7.50. The molecule has 0 spiro atoms.